The zero-order valence-electron chi connectivity index (χ0n) is 35.5. The maximum atomic E-state index is 6.58. The maximum absolute atomic E-state index is 6.58. The number of rotatable bonds is 3. The molecule has 4 heterocycles. The zero-order chi connectivity index (χ0) is 41.0. The van der Waals surface area contributed by atoms with Gasteiger partial charge in [-0.1, -0.05) is 128 Å². The van der Waals surface area contributed by atoms with E-state index in [0.717, 1.165) is 33.3 Å². The van der Waals surface area contributed by atoms with E-state index in [-0.39, 0.29) is 16.2 Å². The molecule has 0 atom stereocenters. The van der Waals surface area contributed by atoms with Gasteiger partial charge in [0.2, 0.25) is 7.28 Å². The van der Waals surface area contributed by atoms with Crippen LogP contribution in [0.3, 0.4) is 0 Å². The van der Waals surface area contributed by atoms with E-state index in [4.69, 9.17) is 4.42 Å². The Morgan fingerprint density at radius 3 is 2.13 bits per heavy atom. The first kappa shape index (κ1) is 35.9. The molecule has 1 aliphatic heterocycles. The Morgan fingerprint density at radius 1 is 0.583 bits per heavy atom. The van der Waals surface area contributed by atoms with E-state index in [2.05, 4.69) is 200 Å². The minimum absolute atomic E-state index is 0.0260. The molecule has 2 aliphatic rings. The highest BCUT2D eigenvalue weighted by Crippen LogP contribution is 2.52. The van der Waals surface area contributed by atoms with Gasteiger partial charge in [0.25, 0.3) is 0 Å². The van der Waals surface area contributed by atoms with Crippen LogP contribution in [-0.4, -0.2) is 11.8 Å². The molecule has 5 heteroatoms. The first-order chi connectivity index (χ1) is 28.7. The Morgan fingerprint density at radius 2 is 1.33 bits per heavy atom. The molecule has 1 aliphatic carbocycles. The lowest BCUT2D eigenvalue weighted by molar-refractivity contribution is 0.590. The number of anilines is 2. The van der Waals surface area contributed by atoms with Crippen LogP contribution in [0.25, 0.3) is 81.8 Å². The second-order valence-corrected chi connectivity index (χ2v) is 20.8. The van der Waals surface area contributed by atoms with Crippen LogP contribution >= 0.6 is 11.3 Å². The molecule has 0 saturated carbocycles. The molecular weight excluding hydrogens is 747 g/mol. The van der Waals surface area contributed by atoms with Crippen LogP contribution in [0, 0.1) is 0 Å². The van der Waals surface area contributed by atoms with Gasteiger partial charge in [-0.05, 0) is 109 Å². The van der Waals surface area contributed by atoms with Gasteiger partial charge in [0.1, 0.15) is 11.2 Å². The number of fused-ring (bicyclic) bond motifs is 13. The molecule has 0 amide bonds. The van der Waals surface area contributed by atoms with Crippen LogP contribution in [0.5, 0.6) is 0 Å². The molecule has 1 radical (unpaired) electrons. The van der Waals surface area contributed by atoms with Crippen molar-refractivity contribution in [3.63, 3.8) is 0 Å². The molecule has 0 saturated heterocycles. The third-order valence-corrected chi connectivity index (χ3v) is 14.7. The monoisotopic (exact) mass is 793 g/mol. The number of furan rings is 1. The fraction of sp³-hybridized carbons (Fsp3) is 0.200. The highest BCUT2D eigenvalue weighted by atomic mass is 32.1. The molecule has 12 rings (SSSR count). The lowest BCUT2D eigenvalue weighted by Gasteiger charge is -2.25. The largest absolute Gasteiger partial charge is 0.456 e. The molecule has 291 valence electrons. The summed E-state index contributed by atoms with van der Waals surface area (Å²) in [4.78, 5) is 0. The number of hydrogen-bond acceptors (Lipinski definition) is 3. The lowest BCUT2D eigenvalue weighted by Crippen LogP contribution is -2.35. The Labute approximate surface area is 355 Å². The van der Waals surface area contributed by atoms with Gasteiger partial charge in [-0.2, -0.15) is 0 Å². The van der Waals surface area contributed by atoms with Crippen molar-refractivity contribution >= 4 is 94.1 Å². The van der Waals surface area contributed by atoms with Crippen LogP contribution in [0.2, 0.25) is 0 Å². The van der Waals surface area contributed by atoms with Crippen molar-refractivity contribution in [1.82, 2.24) is 4.57 Å². The molecular formula is C55H46BN2OS. The quantitative estimate of drug-likeness (QED) is 0.181. The average Bonchev–Trinajstić information content (AvgIpc) is 3.93. The summed E-state index contributed by atoms with van der Waals surface area (Å²) in [7, 11) is 2.49. The second-order valence-electron chi connectivity index (χ2n) is 19.7. The Bertz CT molecular complexity index is 3470. The number of nitrogens with one attached hydrogen (secondary N) is 1. The topological polar surface area (TPSA) is 30.1 Å². The standard InChI is InChI=1S/C55H46BN2OS/c1-53(2,3)30-17-20-32(21-18-30)57-44-28-43-37(33-13-9-11-15-42(33)55(43,7)8)26-38(44)35-22-23-36-39-27-40-34-14-10-12-16-46(34)59-47(40)29-45(39)58-50(36)49(35)56-52-51(58)41-25-31(54(4,5)6)19-24-48(41)60-52/h9-29,57H,1-8H3. The van der Waals surface area contributed by atoms with E-state index in [1.54, 1.807) is 0 Å². The molecule has 0 fully saturated rings. The molecule has 60 heavy (non-hydrogen) atoms. The third-order valence-electron chi connectivity index (χ3n) is 13.6. The predicted molar refractivity (Wildman–Crippen MR) is 259 cm³/mol. The van der Waals surface area contributed by atoms with Gasteiger partial charge >= 0.3 is 0 Å². The molecule has 0 unspecified atom stereocenters. The van der Waals surface area contributed by atoms with Gasteiger partial charge in [0.15, 0.2) is 0 Å². The zero-order valence-corrected chi connectivity index (χ0v) is 36.3. The van der Waals surface area contributed by atoms with Crippen LogP contribution in [-0.2, 0) is 16.2 Å². The first-order valence-corrected chi connectivity index (χ1v) is 22.1. The van der Waals surface area contributed by atoms with Crippen LogP contribution in [0.4, 0.5) is 11.4 Å². The number of aromatic nitrogens is 1. The summed E-state index contributed by atoms with van der Waals surface area (Å²) in [6.45, 7) is 18.5. The van der Waals surface area contributed by atoms with Crippen molar-refractivity contribution in [2.24, 2.45) is 0 Å². The fourth-order valence-electron chi connectivity index (χ4n) is 10.3. The molecule has 0 spiro atoms. The molecule has 10 aromatic rings. The van der Waals surface area contributed by atoms with Gasteiger partial charge in [0, 0.05) is 65.6 Å². The molecule has 0 bridgehead atoms. The normalized spacial score (nSPS) is 14.3. The van der Waals surface area contributed by atoms with Gasteiger partial charge < -0.3 is 14.3 Å². The average molecular weight is 794 g/mol. The van der Waals surface area contributed by atoms with E-state index in [9.17, 15) is 0 Å². The van der Waals surface area contributed by atoms with Crippen LogP contribution in [0.15, 0.2) is 132 Å². The van der Waals surface area contributed by atoms with E-state index < -0.39 is 0 Å². The predicted octanol–water partition coefficient (Wildman–Crippen LogP) is 14.2. The summed E-state index contributed by atoms with van der Waals surface area (Å²) in [5.41, 5.74) is 19.4. The summed E-state index contributed by atoms with van der Waals surface area (Å²) in [5.74, 6) is 0. The Hall–Kier alpha value is -6.04. The van der Waals surface area contributed by atoms with Crippen molar-refractivity contribution < 1.29 is 4.42 Å². The minimum atomic E-state index is -0.132. The first-order valence-electron chi connectivity index (χ1n) is 21.2. The number of hydrogen-bond donors (Lipinski definition) is 1. The fourth-order valence-corrected chi connectivity index (χ4v) is 11.4. The third kappa shape index (κ3) is 5.02. The molecule has 1 N–H and O–H groups in total. The summed E-state index contributed by atoms with van der Waals surface area (Å²) in [5, 5.41) is 10.1. The number of nitrogens with zero attached hydrogens (tertiary/aromatic N) is 1. The maximum Gasteiger partial charge on any atom is 0.211 e. The van der Waals surface area contributed by atoms with Crippen molar-refractivity contribution in [2.75, 3.05) is 5.32 Å². The molecule has 7 aromatic carbocycles. The molecule has 3 aromatic heterocycles. The highest BCUT2D eigenvalue weighted by Gasteiger charge is 2.37. The van der Waals surface area contributed by atoms with Gasteiger partial charge in [-0.15, -0.1) is 11.3 Å². The van der Waals surface area contributed by atoms with Gasteiger partial charge in [-0.25, -0.2) is 0 Å². The van der Waals surface area contributed by atoms with E-state index in [0.29, 0.717) is 0 Å². The van der Waals surface area contributed by atoms with Crippen molar-refractivity contribution in [3.8, 4) is 27.9 Å². The van der Waals surface area contributed by atoms with E-state index in [1.165, 1.54) is 92.3 Å². The van der Waals surface area contributed by atoms with Gasteiger partial charge in [-0.3, -0.25) is 0 Å². The Kier molecular flexibility index (Phi) is 7.20. The smallest absolute Gasteiger partial charge is 0.211 e. The minimum Gasteiger partial charge on any atom is -0.456 e. The molecule has 3 nitrogen and oxygen atoms in total. The highest BCUT2D eigenvalue weighted by molar-refractivity contribution is 7.29. The van der Waals surface area contributed by atoms with Crippen molar-refractivity contribution in [1.29, 1.82) is 0 Å². The summed E-state index contributed by atoms with van der Waals surface area (Å²) < 4.78 is 11.7. The Balaban J connectivity index is 1.16. The van der Waals surface area contributed by atoms with Crippen LogP contribution < -0.4 is 15.6 Å². The number of thiophene rings is 1. The van der Waals surface area contributed by atoms with Crippen LogP contribution in [0.1, 0.15) is 77.6 Å². The summed E-state index contributed by atoms with van der Waals surface area (Å²) in [6.07, 6.45) is 0. The van der Waals surface area contributed by atoms with Crippen molar-refractivity contribution in [2.45, 2.75) is 71.6 Å². The SMILES string of the molecule is CC(C)(C)c1ccc(Nc2cc3c(cc2-c2ccc4c5cc6c(cc5n5c4c2[B]c2sc4ccc(C(C)(C)C)cc4c2-5)oc2ccccc26)-c2ccccc2C3(C)C)cc1. The van der Waals surface area contributed by atoms with E-state index >= 15 is 0 Å². The van der Waals surface area contributed by atoms with Gasteiger partial charge in [0.05, 0.1) is 11.2 Å². The summed E-state index contributed by atoms with van der Waals surface area (Å²) in [6, 6.07) is 47.9. The lowest BCUT2D eigenvalue weighted by atomic mass is 9.63. The second kappa shape index (κ2) is 12.0. The van der Waals surface area contributed by atoms with Crippen molar-refractivity contribution in [3.05, 3.63) is 150 Å². The van der Waals surface area contributed by atoms with E-state index in [1.807, 2.05) is 11.3 Å². The summed E-state index contributed by atoms with van der Waals surface area (Å²) >= 11 is 1.90. The number of para-hydroxylation sites is 1. The number of benzene rings is 7.